The van der Waals surface area contributed by atoms with Crippen molar-refractivity contribution < 1.29 is 19.8 Å². The topological polar surface area (TPSA) is 86.6 Å². The first kappa shape index (κ1) is 14.4. The molecule has 1 aliphatic rings. The molecule has 0 bridgehead atoms. The number of anilines is 1. The third-order valence-electron chi connectivity index (χ3n) is 3.94. The number of carboxylic acid groups (broad SMARTS) is 1. The molecule has 2 rings (SSSR count). The minimum absolute atomic E-state index is 0.0196. The Labute approximate surface area is 117 Å². The van der Waals surface area contributed by atoms with Crippen LogP contribution < -0.4 is 5.32 Å². The highest BCUT2D eigenvalue weighted by Gasteiger charge is 2.41. The van der Waals surface area contributed by atoms with E-state index in [2.05, 4.69) is 5.32 Å². The lowest BCUT2D eigenvalue weighted by Crippen LogP contribution is -2.37. The second-order valence-electron chi connectivity index (χ2n) is 5.39. The summed E-state index contributed by atoms with van der Waals surface area (Å²) in [6.45, 7) is 0. The molecule has 20 heavy (non-hydrogen) atoms. The number of carbonyl (C=O) groups is 2. The molecule has 5 nitrogen and oxygen atoms in total. The maximum absolute atomic E-state index is 12.1. The Balaban J connectivity index is 2.06. The molecule has 0 aromatic heterocycles. The molecule has 0 heterocycles. The monoisotopic (exact) mass is 277 g/mol. The number of rotatable bonds is 4. The Morgan fingerprint density at radius 2 is 1.80 bits per heavy atom. The molecule has 0 radical (unpaired) electrons. The number of para-hydroxylation sites is 2. The van der Waals surface area contributed by atoms with Crippen molar-refractivity contribution >= 4 is 17.6 Å². The largest absolute Gasteiger partial charge is 0.506 e. The average molecular weight is 277 g/mol. The van der Waals surface area contributed by atoms with Gasteiger partial charge in [-0.3, -0.25) is 9.59 Å². The number of amides is 1. The van der Waals surface area contributed by atoms with E-state index in [9.17, 15) is 19.8 Å². The highest BCUT2D eigenvalue weighted by molar-refractivity contribution is 5.95. The summed E-state index contributed by atoms with van der Waals surface area (Å²) in [7, 11) is 0. The number of phenols is 1. The van der Waals surface area contributed by atoms with Gasteiger partial charge in [-0.15, -0.1) is 0 Å². The second kappa shape index (κ2) is 5.94. The lowest BCUT2D eigenvalue weighted by molar-refractivity contribution is -0.153. The normalized spacial score (nSPS) is 17.4. The van der Waals surface area contributed by atoms with Gasteiger partial charge in [-0.2, -0.15) is 0 Å². The number of carbonyl (C=O) groups excluding carboxylic acids is 1. The third kappa shape index (κ3) is 3.10. The van der Waals surface area contributed by atoms with Crippen molar-refractivity contribution in [1.82, 2.24) is 0 Å². The molecule has 1 aromatic carbocycles. The van der Waals surface area contributed by atoms with Crippen LogP contribution in [-0.2, 0) is 9.59 Å². The summed E-state index contributed by atoms with van der Waals surface area (Å²) in [5.41, 5.74) is -0.638. The van der Waals surface area contributed by atoms with Crippen LogP contribution in [-0.4, -0.2) is 22.1 Å². The quantitative estimate of drug-likeness (QED) is 0.738. The zero-order valence-electron chi connectivity index (χ0n) is 11.3. The zero-order chi connectivity index (χ0) is 14.6. The van der Waals surface area contributed by atoms with Crippen molar-refractivity contribution in [3.63, 3.8) is 0 Å². The molecule has 0 spiro atoms. The number of nitrogens with one attached hydrogen (secondary N) is 1. The van der Waals surface area contributed by atoms with Gasteiger partial charge in [0.1, 0.15) is 5.75 Å². The van der Waals surface area contributed by atoms with E-state index in [1.807, 2.05) is 0 Å². The first-order valence-electron chi connectivity index (χ1n) is 6.85. The average Bonchev–Trinajstić information content (AvgIpc) is 2.42. The number of aromatic hydroxyl groups is 1. The van der Waals surface area contributed by atoms with Gasteiger partial charge in [0.25, 0.3) is 0 Å². The first-order valence-corrected chi connectivity index (χ1v) is 6.85. The minimum Gasteiger partial charge on any atom is -0.506 e. The zero-order valence-corrected chi connectivity index (χ0v) is 11.3. The van der Waals surface area contributed by atoms with Gasteiger partial charge < -0.3 is 15.5 Å². The molecular formula is C15H19NO4. The fraction of sp³-hybridized carbons (Fsp3) is 0.467. The molecule has 0 atom stereocenters. The van der Waals surface area contributed by atoms with Gasteiger partial charge in [-0.1, -0.05) is 31.4 Å². The molecule has 5 heteroatoms. The first-order chi connectivity index (χ1) is 9.53. The van der Waals surface area contributed by atoms with E-state index in [0.717, 1.165) is 19.3 Å². The van der Waals surface area contributed by atoms with Crippen molar-refractivity contribution in [2.75, 3.05) is 5.32 Å². The van der Waals surface area contributed by atoms with E-state index in [1.54, 1.807) is 18.2 Å². The molecule has 1 saturated carbocycles. The van der Waals surface area contributed by atoms with Gasteiger partial charge in [0, 0.05) is 6.42 Å². The molecule has 0 saturated heterocycles. The van der Waals surface area contributed by atoms with Crippen molar-refractivity contribution in [3.05, 3.63) is 24.3 Å². The molecule has 0 aliphatic heterocycles. The van der Waals surface area contributed by atoms with Gasteiger partial charge in [-0.25, -0.2) is 0 Å². The molecule has 1 aliphatic carbocycles. The van der Waals surface area contributed by atoms with E-state index in [0.29, 0.717) is 18.5 Å². The Kier molecular flexibility index (Phi) is 4.27. The van der Waals surface area contributed by atoms with Crippen LogP contribution in [0.2, 0.25) is 0 Å². The highest BCUT2D eigenvalue weighted by Crippen LogP contribution is 2.40. The van der Waals surface area contributed by atoms with E-state index < -0.39 is 11.4 Å². The Morgan fingerprint density at radius 3 is 2.40 bits per heavy atom. The van der Waals surface area contributed by atoms with Crippen LogP contribution in [0.25, 0.3) is 0 Å². The fourth-order valence-electron chi connectivity index (χ4n) is 2.78. The molecular weight excluding hydrogens is 258 g/mol. The Morgan fingerprint density at radius 1 is 1.15 bits per heavy atom. The number of hydrogen-bond acceptors (Lipinski definition) is 3. The number of phenolic OH excluding ortho intramolecular Hbond substituents is 1. The third-order valence-corrected chi connectivity index (χ3v) is 3.94. The van der Waals surface area contributed by atoms with Crippen molar-refractivity contribution in [2.45, 2.75) is 38.5 Å². The van der Waals surface area contributed by atoms with Gasteiger partial charge in [0.2, 0.25) is 5.91 Å². The number of aliphatic carboxylic acids is 1. The molecule has 1 amide bonds. The van der Waals surface area contributed by atoms with E-state index in [4.69, 9.17) is 0 Å². The van der Waals surface area contributed by atoms with Crippen molar-refractivity contribution in [1.29, 1.82) is 0 Å². The molecule has 0 unspecified atom stereocenters. The predicted molar refractivity (Wildman–Crippen MR) is 74.5 cm³/mol. The van der Waals surface area contributed by atoms with Crippen LogP contribution in [0, 0.1) is 5.41 Å². The van der Waals surface area contributed by atoms with E-state index >= 15 is 0 Å². The van der Waals surface area contributed by atoms with E-state index in [-0.39, 0.29) is 18.1 Å². The maximum Gasteiger partial charge on any atom is 0.310 e. The summed E-state index contributed by atoms with van der Waals surface area (Å²) < 4.78 is 0. The van der Waals surface area contributed by atoms with Gasteiger partial charge in [-0.05, 0) is 25.0 Å². The second-order valence-corrected chi connectivity index (χ2v) is 5.39. The number of hydrogen-bond donors (Lipinski definition) is 3. The standard InChI is InChI=1S/C15H19NO4/c17-12-7-3-2-6-11(12)16-13(18)10-15(14(19)20)8-4-1-5-9-15/h2-3,6-7,17H,1,4-5,8-10H2,(H,16,18)(H,19,20). The van der Waals surface area contributed by atoms with Crippen molar-refractivity contribution in [3.8, 4) is 5.75 Å². The molecule has 1 aromatic rings. The SMILES string of the molecule is O=C(CC1(C(=O)O)CCCCC1)Nc1ccccc1O. The fourth-order valence-corrected chi connectivity index (χ4v) is 2.78. The summed E-state index contributed by atoms with van der Waals surface area (Å²) in [6, 6.07) is 6.42. The molecule has 1 fully saturated rings. The summed E-state index contributed by atoms with van der Waals surface area (Å²) in [5.74, 6) is -1.28. The summed E-state index contributed by atoms with van der Waals surface area (Å²) in [5, 5.41) is 21.6. The van der Waals surface area contributed by atoms with Gasteiger partial charge >= 0.3 is 5.97 Å². The lowest BCUT2D eigenvalue weighted by atomic mass is 9.71. The van der Waals surface area contributed by atoms with Crippen LogP contribution in [0.1, 0.15) is 38.5 Å². The van der Waals surface area contributed by atoms with Crippen LogP contribution in [0.4, 0.5) is 5.69 Å². The predicted octanol–water partition coefficient (Wildman–Crippen LogP) is 2.76. The number of carboxylic acids is 1. The van der Waals surface area contributed by atoms with Crippen LogP contribution in [0.15, 0.2) is 24.3 Å². The van der Waals surface area contributed by atoms with Crippen molar-refractivity contribution in [2.24, 2.45) is 5.41 Å². The van der Waals surface area contributed by atoms with E-state index in [1.165, 1.54) is 6.07 Å². The van der Waals surface area contributed by atoms with Gasteiger partial charge in [0.05, 0.1) is 11.1 Å². The van der Waals surface area contributed by atoms with Crippen LogP contribution in [0.5, 0.6) is 5.75 Å². The molecule has 108 valence electrons. The number of benzene rings is 1. The summed E-state index contributed by atoms with van der Waals surface area (Å²) in [4.78, 5) is 23.6. The summed E-state index contributed by atoms with van der Waals surface area (Å²) in [6.07, 6.45) is 3.74. The molecule has 3 N–H and O–H groups in total. The highest BCUT2D eigenvalue weighted by atomic mass is 16.4. The van der Waals surface area contributed by atoms with Crippen LogP contribution >= 0.6 is 0 Å². The summed E-state index contributed by atoms with van der Waals surface area (Å²) >= 11 is 0. The minimum atomic E-state index is -0.952. The maximum atomic E-state index is 12.1. The Hall–Kier alpha value is -2.04. The lowest BCUT2D eigenvalue weighted by Gasteiger charge is -2.32. The van der Waals surface area contributed by atoms with Gasteiger partial charge in [0.15, 0.2) is 0 Å². The Bertz CT molecular complexity index is 506. The smallest absolute Gasteiger partial charge is 0.310 e. The van der Waals surface area contributed by atoms with Crippen LogP contribution in [0.3, 0.4) is 0 Å².